The lowest BCUT2D eigenvalue weighted by molar-refractivity contribution is 0.631. The highest BCUT2D eigenvalue weighted by Gasteiger charge is 2.11. The van der Waals surface area contributed by atoms with Crippen molar-refractivity contribution in [1.82, 2.24) is 4.57 Å². The van der Waals surface area contributed by atoms with Gasteiger partial charge in [0.05, 0.1) is 9.86 Å². The van der Waals surface area contributed by atoms with Gasteiger partial charge in [0.2, 0.25) is 0 Å². The van der Waals surface area contributed by atoms with Gasteiger partial charge in [-0.15, -0.1) is 0 Å². The fourth-order valence-electron chi connectivity index (χ4n) is 2.06. The first-order chi connectivity index (χ1) is 9.18. The number of rotatable bonds is 1. The van der Waals surface area contributed by atoms with Crippen LogP contribution in [0.5, 0.6) is 0 Å². The van der Waals surface area contributed by atoms with Gasteiger partial charge in [0, 0.05) is 11.9 Å². The van der Waals surface area contributed by atoms with E-state index in [1.165, 1.54) is 4.57 Å². The fraction of sp³-hybridized carbons (Fsp3) is 0. The van der Waals surface area contributed by atoms with E-state index in [1.54, 1.807) is 24.4 Å². The average Bonchev–Trinajstić information content (AvgIpc) is 2.44. The monoisotopic (exact) mass is 317 g/mol. The Morgan fingerprint density at radius 1 is 1.00 bits per heavy atom. The van der Waals surface area contributed by atoms with Crippen molar-refractivity contribution in [2.45, 2.75) is 0 Å². The summed E-state index contributed by atoms with van der Waals surface area (Å²) in [5.74, 6) is -0.521. The minimum atomic E-state index is -0.521. The molecular formula is C15H9BrFNO. The number of pyridine rings is 1. The molecule has 94 valence electrons. The minimum absolute atomic E-state index is 0.0979. The maximum Gasteiger partial charge on any atom is 0.265 e. The van der Waals surface area contributed by atoms with Crippen LogP contribution in [-0.2, 0) is 0 Å². The van der Waals surface area contributed by atoms with Crippen LogP contribution in [0.3, 0.4) is 0 Å². The van der Waals surface area contributed by atoms with Crippen molar-refractivity contribution < 1.29 is 4.39 Å². The second kappa shape index (κ2) is 4.63. The third-order valence-corrected chi connectivity index (χ3v) is 3.61. The molecular weight excluding hydrogens is 309 g/mol. The van der Waals surface area contributed by atoms with E-state index in [9.17, 15) is 9.18 Å². The van der Waals surface area contributed by atoms with Crippen LogP contribution in [0, 0.1) is 5.82 Å². The van der Waals surface area contributed by atoms with Crippen LogP contribution < -0.4 is 5.56 Å². The molecule has 0 saturated carbocycles. The first-order valence-corrected chi connectivity index (χ1v) is 6.52. The summed E-state index contributed by atoms with van der Waals surface area (Å²) in [6, 6.07) is 14.2. The predicted octanol–water partition coefficient (Wildman–Crippen LogP) is 3.89. The molecule has 0 aliphatic heterocycles. The van der Waals surface area contributed by atoms with E-state index >= 15 is 0 Å². The number of benzene rings is 2. The molecule has 0 saturated heterocycles. The van der Waals surface area contributed by atoms with E-state index in [1.807, 2.05) is 30.3 Å². The molecule has 0 amide bonds. The lowest BCUT2D eigenvalue weighted by atomic mass is 10.1. The maximum absolute atomic E-state index is 14.1. The molecule has 0 N–H and O–H groups in total. The quantitative estimate of drug-likeness (QED) is 0.667. The van der Waals surface area contributed by atoms with E-state index in [4.69, 9.17) is 0 Å². The number of hydrogen-bond acceptors (Lipinski definition) is 1. The molecule has 0 bridgehead atoms. The average molecular weight is 318 g/mol. The van der Waals surface area contributed by atoms with Crippen LogP contribution in [0.15, 0.2) is 64.0 Å². The Hall–Kier alpha value is -1.94. The summed E-state index contributed by atoms with van der Waals surface area (Å²) in [5, 5.41) is 0.693. The van der Waals surface area contributed by atoms with Gasteiger partial charge >= 0.3 is 0 Å². The molecule has 0 aliphatic carbocycles. The lowest BCUT2D eigenvalue weighted by Gasteiger charge is -2.08. The molecule has 3 aromatic rings. The van der Waals surface area contributed by atoms with Crippen LogP contribution in [0.4, 0.5) is 4.39 Å². The van der Waals surface area contributed by atoms with Crippen LogP contribution >= 0.6 is 15.9 Å². The van der Waals surface area contributed by atoms with E-state index < -0.39 is 5.82 Å². The molecule has 2 aromatic carbocycles. The van der Waals surface area contributed by atoms with Gasteiger partial charge in [0.1, 0.15) is 0 Å². The zero-order valence-corrected chi connectivity index (χ0v) is 11.4. The minimum Gasteiger partial charge on any atom is -0.284 e. The van der Waals surface area contributed by atoms with Crippen LogP contribution in [0.25, 0.3) is 16.5 Å². The van der Waals surface area contributed by atoms with E-state index in [0.29, 0.717) is 15.5 Å². The van der Waals surface area contributed by atoms with Crippen LogP contribution in [0.2, 0.25) is 0 Å². The van der Waals surface area contributed by atoms with Crippen LogP contribution in [0.1, 0.15) is 0 Å². The van der Waals surface area contributed by atoms with Crippen molar-refractivity contribution in [3.8, 4) is 5.69 Å². The topological polar surface area (TPSA) is 22.0 Å². The van der Waals surface area contributed by atoms with Gasteiger partial charge in [0.15, 0.2) is 5.82 Å². The Labute approximate surface area is 117 Å². The molecule has 1 heterocycles. The zero-order chi connectivity index (χ0) is 13.4. The molecule has 4 heteroatoms. The summed E-state index contributed by atoms with van der Waals surface area (Å²) in [6.07, 6.45) is 1.66. The zero-order valence-electron chi connectivity index (χ0n) is 9.81. The number of hydrogen-bond donors (Lipinski definition) is 0. The van der Waals surface area contributed by atoms with Gasteiger partial charge in [-0.25, -0.2) is 4.39 Å². The summed E-state index contributed by atoms with van der Waals surface area (Å²) < 4.78 is 15.8. The standard InChI is InChI=1S/C15H9BrFNO/c16-12-7-6-10-8-9-18(11-4-2-1-3-5-11)15(19)13(10)14(12)17/h1-9H. The Morgan fingerprint density at radius 2 is 1.74 bits per heavy atom. The van der Waals surface area contributed by atoms with Crippen molar-refractivity contribution in [3.63, 3.8) is 0 Å². The Kier molecular flexibility index (Phi) is 2.95. The highest BCUT2D eigenvalue weighted by atomic mass is 79.9. The smallest absolute Gasteiger partial charge is 0.265 e. The van der Waals surface area contributed by atoms with E-state index in [-0.39, 0.29) is 10.9 Å². The number of aromatic nitrogens is 1. The third-order valence-electron chi connectivity index (χ3n) is 3.00. The number of nitrogens with zero attached hydrogens (tertiary/aromatic N) is 1. The molecule has 0 unspecified atom stereocenters. The molecule has 0 atom stereocenters. The van der Waals surface area contributed by atoms with Gasteiger partial charge in [-0.3, -0.25) is 9.36 Å². The first kappa shape index (κ1) is 12.1. The molecule has 3 rings (SSSR count). The largest absolute Gasteiger partial charge is 0.284 e. The van der Waals surface area contributed by atoms with Gasteiger partial charge in [-0.2, -0.15) is 0 Å². The normalized spacial score (nSPS) is 10.8. The van der Waals surface area contributed by atoms with Gasteiger partial charge in [0.25, 0.3) is 5.56 Å². The fourth-order valence-corrected chi connectivity index (χ4v) is 2.39. The van der Waals surface area contributed by atoms with Gasteiger partial charge < -0.3 is 0 Å². The molecule has 0 radical (unpaired) electrons. The summed E-state index contributed by atoms with van der Waals surface area (Å²) in [4.78, 5) is 12.4. The number of fused-ring (bicyclic) bond motifs is 1. The summed E-state index contributed by atoms with van der Waals surface area (Å²) in [7, 11) is 0. The molecule has 0 spiro atoms. The molecule has 0 fully saturated rings. The Balaban J connectivity index is 2.39. The highest BCUT2D eigenvalue weighted by molar-refractivity contribution is 9.10. The Morgan fingerprint density at radius 3 is 2.47 bits per heavy atom. The Bertz CT molecular complexity index is 811. The summed E-state index contributed by atoms with van der Waals surface area (Å²) in [5.41, 5.74) is 0.358. The molecule has 1 aromatic heterocycles. The summed E-state index contributed by atoms with van der Waals surface area (Å²) >= 11 is 3.11. The van der Waals surface area contributed by atoms with Crippen molar-refractivity contribution >= 4 is 26.7 Å². The van der Waals surface area contributed by atoms with Crippen molar-refractivity contribution in [3.05, 3.63) is 75.4 Å². The second-order valence-corrected chi connectivity index (χ2v) is 5.01. The predicted molar refractivity (Wildman–Crippen MR) is 77.2 cm³/mol. The maximum atomic E-state index is 14.1. The van der Waals surface area contributed by atoms with Crippen LogP contribution in [-0.4, -0.2) is 4.57 Å². The van der Waals surface area contributed by atoms with Crippen molar-refractivity contribution in [1.29, 1.82) is 0 Å². The van der Waals surface area contributed by atoms with Gasteiger partial charge in [-0.05, 0) is 45.6 Å². The first-order valence-electron chi connectivity index (χ1n) is 5.73. The summed E-state index contributed by atoms with van der Waals surface area (Å²) in [6.45, 7) is 0. The van der Waals surface area contributed by atoms with E-state index in [0.717, 1.165) is 0 Å². The molecule has 0 aliphatic rings. The number of para-hydroxylation sites is 1. The van der Waals surface area contributed by atoms with Gasteiger partial charge in [-0.1, -0.05) is 24.3 Å². The molecule has 2 nitrogen and oxygen atoms in total. The third kappa shape index (κ3) is 1.98. The van der Waals surface area contributed by atoms with Crippen molar-refractivity contribution in [2.24, 2.45) is 0 Å². The van der Waals surface area contributed by atoms with Crippen molar-refractivity contribution in [2.75, 3.05) is 0 Å². The second-order valence-electron chi connectivity index (χ2n) is 4.15. The van der Waals surface area contributed by atoms with E-state index in [2.05, 4.69) is 15.9 Å². The SMILES string of the molecule is O=c1c2c(F)c(Br)ccc2ccn1-c1ccccc1. The number of halogens is 2. The lowest BCUT2D eigenvalue weighted by Crippen LogP contribution is -2.18. The molecule has 19 heavy (non-hydrogen) atoms. The highest BCUT2D eigenvalue weighted by Crippen LogP contribution is 2.22.